The Morgan fingerprint density at radius 1 is 0.952 bits per heavy atom. The van der Waals surface area contributed by atoms with Gasteiger partial charge in [0.05, 0.1) is 24.8 Å². The molecule has 0 amide bonds. The summed E-state index contributed by atoms with van der Waals surface area (Å²) in [6.45, 7) is 0. The summed E-state index contributed by atoms with van der Waals surface area (Å²) < 4.78 is 15.5. The summed E-state index contributed by atoms with van der Waals surface area (Å²) in [6.07, 6.45) is 0. The zero-order valence-corrected chi connectivity index (χ0v) is 12.9. The van der Waals surface area contributed by atoms with Crippen LogP contribution >= 0.6 is 23.2 Å². The van der Waals surface area contributed by atoms with Gasteiger partial charge in [-0.3, -0.25) is 0 Å². The lowest BCUT2D eigenvalue weighted by atomic mass is 10.2. The van der Waals surface area contributed by atoms with Crippen LogP contribution < -0.4 is 14.2 Å². The van der Waals surface area contributed by atoms with Crippen LogP contribution in [0, 0.1) is 0 Å². The van der Waals surface area contributed by atoms with E-state index < -0.39 is 5.97 Å². The number of carbonyl (C=O) groups is 1. The number of carbonyl (C=O) groups excluding carboxylic acids is 1. The van der Waals surface area contributed by atoms with Crippen molar-refractivity contribution in [3.8, 4) is 17.2 Å². The fraction of sp³-hybridized carbons (Fsp3) is 0.133. The number of hydrogen-bond donors (Lipinski definition) is 0. The molecule has 0 aliphatic carbocycles. The first-order valence-corrected chi connectivity index (χ1v) is 6.69. The van der Waals surface area contributed by atoms with Gasteiger partial charge >= 0.3 is 5.97 Å². The molecule has 0 spiro atoms. The van der Waals surface area contributed by atoms with Crippen LogP contribution in [0.25, 0.3) is 0 Å². The van der Waals surface area contributed by atoms with Gasteiger partial charge in [0, 0.05) is 17.2 Å². The summed E-state index contributed by atoms with van der Waals surface area (Å²) in [7, 11) is 3.00. The monoisotopic (exact) mass is 326 g/mol. The predicted octanol–water partition coefficient (Wildman–Crippen LogP) is 4.23. The van der Waals surface area contributed by atoms with Gasteiger partial charge in [0.2, 0.25) is 0 Å². The van der Waals surface area contributed by atoms with Gasteiger partial charge < -0.3 is 14.2 Å². The molecular weight excluding hydrogens is 315 g/mol. The number of methoxy groups -OCH3 is 2. The molecule has 6 heteroatoms. The molecule has 0 N–H and O–H groups in total. The van der Waals surface area contributed by atoms with Crippen molar-refractivity contribution >= 4 is 29.2 Å². The largest absolute Gasteiger partial charge is 0.497 e. The van der Waals surface area contributed by atoms with Crippen molar-refractivity contribution in [1.82, 2.24) is 0 Å². The van der Waals surface area contributed by atoms with Crippen molar-refractivity contribution in [3.63, 3.8) is 0 Å². The summed E-state index contributed by atoms with van der Waals surface area (Å²) in [5.41, 5.74) is 0.280. The van der Waals surface area contributed by atoms with E-state index in [-0.39, 0.29) is 11.3 Å². The second-order valence-electron chi connectivity index (χ2n) is 4.07. The molecule has 0 aromatic heterocycles. The molecule has 2 aromatic rings. The molecule has 0 bridgehead atoms. The average molecular weight is 327 g/mol. The van der Waals surface area contributed by atoms with E-state index in [1.54, 1.807) is 30.3 Å². The van der Waals surface area contributed by atoms with E-state index in [2.05, 4.69) is 0 Å². The minimum atomic E-state index is -0.587. The molecule has 0 saturated heterocycles. The highest BCUT2D eigenvalue weighted by Gasteiger charge is 2.14. The smallest absolute Gasteiger partial charge is 0.343 e. The van der Waals surface area contributed by atoms with Gasteiger partial charge in [-0.25, -0.2) is 4.79 Å². The van der Waals surface area contributed by atoms with Crippen LogP contribution in [0.5, 0.6) is 17.2 Å². The molecule has 0 saturated carbocycles. The zero-order chi connectivity index (χ0) is 15.4. The first-order chi connectivity index (χ1) is 10.0. The summed E-state index contributed by atoms with van der Waals surface area (Å²) in [4.78, 5) is 12.2. The summed E-state index contributed by atoms with van der Waals surface area (Å²) in [6, 6.07) is 9.38. The first-order valence-electron chi connectivity index (χ1n) is 5.94. The highest BCUT2D eigenvalue weighted by atomic mass is 35.5. The van der Waals surface area contributed by atoms with Gasteiger partial charge in [-0.1, -0.05) is 23.2 Å². The Morgan fingerprint density at radius 3 is 2.14 bits per heavy atom. The normalized spacial score (nSPS) is 10.1. The third-order valence-corrected chi connectivity index (χ3v) is 3.23. The Labute approximate surface area is 132 Å². The Balaban J connectivity index is 2.29. The number of ether oxygens (including phenoxy) is 3. The molecule has 0 heterocycles. The molecule has 110 valence electrons. The second-order valence-corrected chi connectivity index (χ2v) is 4.91. The average Bonchev–Trinajstić information content (AvgIpc) is 2.50. The van der Waals surface area contributed by atoms with E-state index in [0.717, 1.165) is 0 Å². The molecule has 2 rings (SSSR count). The number of hydrogen-bond acceptors (Lipinski definition) is 4. The topological polar surface area (TPSA) is 44.8 Å². The van der Waals surface area contributed by atoms with Crippen LogP contribution in [0.4, 0.5) is 0 Å². The van der Waals surface area contributed by atoms with E-state index in [0.29, 0.717) is 21.5 Å². The summed E-state index contributed by atoms with van der Waals surface area (Å²) in [5.74, 6) is 0.573. The predicted molar refractivity (Wildman–Crippen MR) is 81.0 cm³/mol. The first kappa shape index (κ1) is 15.5. The lowest BCUT2D eigenvalue weighted by molar-refractivity contribution is 0.0734. The van der Waals surface area contributed by atoms with Crippen molar-refractivity contribution < 1.29 is 19.0 Å². The number of benzene rings is 2. The van der Waals surface area contributed by atoms with Crippen LogP contribution in [0.15, 0.2) is 36.4 Å². The van der Waals surface area contributed by atoms with Gasteiger partial charge in [0.15, 0.2) is 5.75 Å². The number of esters is 1. The van der Waals surface area contributed by atoms with Crippen molar-refractivity contribution in [2.75, 3.05) is 14.2 Å². The van der Waals surface area contributed by atoms with E-state index in [9.17, 15) is 4.79 Å². The Morgan fingerprint density at radius 2 is 1.57 bits per heavy atom. The summed E-state index contributed by atoms with van der Waals surface area (Å²) in [5, 5.41) is 0.716. The lowest BCUT2D eigenvalue weighted by Crippen LogP contribution is -2.09. The molecule has 21 heavy (non-hydrogen) atoms. The van der Waals surface area contributed by atoms with Gasteiger partial charge in [0.25, 0.3) is 0 Å². The Bertz CT molecular complexity index is 648. The van der Waals surface area contributed by atoms with Crippen LogP contribution in [0.3, 0.4) is 0 Å². The van der Waals surface area contributed by atoms with Gasteiger partial charge in [-0.2, -0.15) is 0 Å². The van der Waals surface area contributed by atoms with Crippen molar-refractivity contribution in [2.45, 2.75) is 0 Å². The fourth-order valence-corrected chi connectivity index (χ4v) is 1.96. The second kappa shape index (κ2) is 6.70. The van der Waals surface area contributed by atoms with Gasteiger partial charge in [-0.15, -0.1) is 0 Å². The van der Waals surface area contributed by atoms with Gasteiger partial charge in [-0.05, 0) is 24.3 Å². The quantitative estimate of drug-likeness (QED) is 0.623. The molecule has 0 unspecified atom stereocenters. The van der Waals surface area contributed by atoms with E-state index in [1.807, 2.05) is 0 Å². The molecule has 2 aromatic carbocycles. The third-order valence-electron chi connectivity index (χ3n) is 2.68. The molecule has 0 aliphatic rings. The minimum absolute atomic E-state index is 0.191. The molecule has 0 aliphatic heterocycles. The maximum Gasteiger partial charge on any atom is 0.343 e. The van der Waals surface area contributed by atoms with E-state index in [1.165, 1.54) is 20.3 Å². The van der Waals surface area contributed by atoms with Crippen LogP contribution in [-0.2, 0) is 0 Å². The fourth-order valence-electron chi connectivity index (χ4n) is 1.64. The molecular formula is C15H12Cl2O4. The van der Waals surface area contributed by atoms with Crippen molar-refractivity contribution in [2.24, 2.45) is 0 Å². The van der Waals surface area contributed by atoms with Gasteiger partial charge in [0.1, 0.15) is 11.5 Å². The maximum absolute atomic E-state index is 12.2. The maximum atomic E-state index is 12.2. The zero-order valence-electron chi connectivity index (χ0n) is 11.4. The highest BCUT2D eigenvalue weighted by Crippen LogP contribution is 2.29. The molecule has 0 radical (unpaired) electrons. The highest BCUT2D eigenvalue weighted by molar-refractivity contribution is 6.34. The molecule has 4 nitrogen and oxygen atoms in total. The van der Waals surface area contributed by atoms with E-state index >= 15 is 0 Å². The number of halogens is 2. The number of rotatable bonds is 4. The summed E-state index contributed by atoms with van der Waals surface area (Å²) >= 11 is 11.8. The molecule has 0 atom stereocenters. The Kier molecular flexibility index (Phi) is 4.94. The van der Waals surface area contributed by atoms with Crippen molar-refractivity contribution in [1.29, 1.82) is 0 Å². The Hall–Kier alpha value is -1.91. The van der Waals surface area contributed by atoms with Crippen LogP contribution in [0.2, 0.25) is 10.0 Å². The van der Waals surface area contributed by atoms with Crippen LogP contribution in [0.1, 0.15) is 10.4 Å². The minimum Gasteiger partial charge on any atom is -0.497 e. The molecule has 0 fully saturated rings. The van der Waals surface area contributed by atoms with Crippen LogP contribution in [-0.4, -0.2) is 20.2 Å². The van der Waals surface area contributed by atoms with Crippen molar-refractivity contribution in [3.05, 3.63) is 52.0 Å². The third kappa shape index (κ3) is 3.80. The SMILES string of the molecule is COc1cc(OC)cc(C(=O)Oc2cc(Cl)ccc2Cl)c1. The van der Waals surface area contributed by atoms with E-state index in [4.69, 9.17) is 37.4 Å². The standard InChI is InChI=1S/C15H12Cl2O4/c1-19-11-5-9(6-12(8-11)20-2)15(18)21-14-7-10(16)3-4-13(14)17/h3-8H,1-2H3. The lowest BCUT2D eigenvalue weighted by Gasteiger charge is -2.09.